The van der Waals surface area contributed by atoms with Gasteiger partial charge < -0.3 is 10.6 Å². The van der Waals surface area contributed by atoms with Crippen LogP contribution in [0.1, 0.15) is 38.8 Å². The molecule has 3 rings (SSSR count). The minimum Gasteiger partial charge on any atom is -0.354 e. The first-order valence-corrected chi connectivity index (χ1v) is 7.89. The standard InChI is InChI=1S/C16H25N5/c1-11(2)14-8-15-16(18-5-7-21(15)19-14)20-6-4-12(3)13(9-17)10-20/h5,7-8,11-13H,4,6,9-10,17H2,1-3H3. The molecule has 5 heteroatoms. The largest absolute Gasteiger partial charge is 0.354 e. The van der Waals surface area contributed by atoms with Gasteiger partial charge in [-0.1, -0.05) is 20.8 Å². The molecule has 21 heavy (non-hydrogen) atoms. The number of hydrogen-bond acceptors (Lipinski definition) is 4. The molecule has 1 saturated heterocycles. The topological polar surface area (TPSA) is 59.5 Å². The van der Waals surface area contributed by atoms with Crippen LogP contribution in [-0.4, -0.2) is 34.2 Å². The van der Waals surface area contributed by atoms with Crippen molar-refractivity contribution in [1.29, 1.82) is 0 Å². The molecule has 0 amide bonds. The summed E-state index contributed by atoms with van der Waals surface area (Å²) in [6.45, 7) is 9.43. The highest BCUT2D eigenvalue weighted by Crippen LogP contribution is 2.29. The third kappa shape index (κ3) is 2.62. The Bertz CT molecular complexity index is 618. The van der Waals surface area contributed by atoms with Crippen molar-refractivity contribution in [3.63, 3.8) is 0 Å². The molecule has 3 heterocycles. The smallest absolute Gasteiger partial charge is 0.154 e. The van der Waals surface area contributed by atoms with E-state index in [1.165, 1.54) is 6.42 Å². The summed E-state index contributed by atoms with van der Waals surface area (Å²) in [6.07, 6.45) is 4.95. The van der Waals surface area contributed by atoms with Gasteiger partial charge in [-0.25, -0.2) is 9.50 Å². The van der Waals surface area contributed by atoms with Crippen molar-refractivity contribution in [2.24, 2.45) is 17.6 Å². The van der Waals surface area contributed by atoms with Crippen molar-refractivity contribution in [3.8, 4) is 0 Å². The SMILES string of the molecule is CC(C)c1cc2c(N3CCC(C)C(CN)C3)nccn2n1. The molecule has 1 aliphatic heterocycles. The number of fused-ring (bicyclic) bond motifs is 1. The highest BCUT2D eigenvalue weighted by Gasteiger charge is 2.27. The number of anilines is 1. The lowest BCUT2D eigenvalue weighted by atomic mass is 9.87. The molecular formula is C16H25N5. The maximum absolute atomic E-state index is 5.93. The van der Waals surface area contributed by atoms with Crippen LogP contribution in [-0.2, 0) is 0 Å². The van der Waals surface area contributed by atoms with Crippen LogP contribution in [0, 0.1) is 11.8 Å². The average molecular weight is 287 g/mol. The van der Waals surface area contributed by atoms with Gasteiger partial charge in [0.05, 0.1) is 5.69 Å². The third-order valence-corrected chi connectivity index (χ3v) is 4.70. The highest BCUT2D eigenvalue weighted by atomic mass is 15.3. The first kappa shape index (κ1) is 14.3. The van der Waals surface area contributed by atoms with Crippen LogP contribution in [0.15, 0.2) is 18.5 Å². The Morgan fingerprint density at radius 1 is 1.43 bits per heavy atom. The molecular weight excluding hydrogens is 262 g/mol. The van der Waals surface area contributed by atoms with E-state index < -0.39 is 0 Å². The summed E-state index contributed by atoms with van der Waals surface area (Å²) in [4.78, 5) is 6.99. The number of piperidine rings is 1. The molecule has 0 bridgehead atoms. The van der Waals surface area contributed by atoms with Crippen LogP contribution in [0.2, 0.25) is 0 Å². The molecule has 0 spiro atoms. The predicted molar refractivity (Wildman–Crippen MR) is 85.6 cm³/mol. The monoisotopic (exact) mass is 287 g/mol. The van der Waals surface area contributed by atoms with Gasteiger partial charge >= 0.3 is 0 Å². The van der Waals surface area contributed by atoms with E-state index in [2.05, 4.69) is 41.8 Å². The fraction of sp³-hybridized carbons (Fsp3) is 0.625. The molecule has 2 atom stereocenters. The van der Waals surface area contributed by atoms with Gasteiger partial charge in [0.15, 0.2) is 5.82 Å². The maximum atomic E-state index is 5.93. The molecule has 2 aromatic heterocycles. The van der Waals surface area contributed by atoms with Crippen molar-refractivity contribution < 1.29 is 0 Å². The second-order valence-electron chi connectivity index (χ2n) is 6.51. The molecule has 2 N–H and O–H groups in total. The van der Waals surface area contributed by atoms with Crippen molar-refractivity contribution in [2.45, 2.75) is 33.1 Å². The van der Waals surface area contributed by atoms with Crippen LogP contribution in [0.5, 0.6) is 0 Å². The molecule has 0 aromatic carbocycles. The van der Waals surface area contributed by atoms with Crippen molar-refractivity contribution >= 4 is 11.3 Å². The second kappa shape index (κ2) is 5.64. The summed E-state index contributed by atoms with van der Waals surface area (Å²) in [5, 5.41) is 4.65. The van der Waals surface area contributed by atoms with E-state index in [-0.39, 0.29) is 0 Å². The van der Waals surface area contributed by atoms with Gasteiger partial charge in [-0.3, -0.25) is 0 Å². The quantitative estimate of drug-likeness (QED) is 0.941. The van der Waals surface area contributed by atoms with Gasteiger partial charge in [0.25, 0.3) is 0 Å². The normalized spacial score (nSPS) is 23.2. The fourth-order valence-electron chi connectivity index (χ4n) is 3.10. The molecule has 1 aliphatic rings. The zero-order valence-corrected chi connectivity index (χ0v) is 13.2. The summed E-state index contributed by atoms with van der Waals surface area (Å²) in [5.41, 5.74) is 8.14. The summed E-state index contributed by atoms with van der Waals surface area (Å²) in [7, 11) is 0. The Kier molecular flexibility index (Phi) is 3.85. The second-order valence-corrected chi connectivity index (χ2v) is 6.51. The zero-order valence-electron chi connectivity index (χ0n) is 13.2. The number of rotatable bonds is 3. The molecule has 2 unspecified atom stereocenters. The van der Waals surface area contributed by atoms with Crippen LogP contribution < -0.4 is 10.6 Å². The van der Waals surface area contributed by atoms with Gasteiger partial charge in [-0.05, 0) is 36.8 Å². The lowest BCUT2D eigenvalue weighted by Crippen LogP contribution is -2.43. The summed E-state index contributed by atoms with van der Waals surface area (Å²) in [5.74, 6) is 2.72. The van der Waals surface area contributed by atoms with Crippen LogP contribution in [0.25, 0.3) is 5.52 Å². The van der Waals surface area contributed by atoms with E-state index in [1.807, 2.05) is 16.9 Å². The van der Waals surface area contributed by atoms with E-state index in [9.17, 15) is 0 Å². The molecule has 5 nitrogen and oxygen atoms in total. The molecule has 0 radical (unpaired) electrons. The molecule has 1 fully saturated rings. The Morgan fingerprint density at radius 3 is 2.95 bits per heavy atom. The van der Waals surface area contributed by atoms with Gasteiger partial charge in [0.1, 0.15) is 5.52 Å². The first-order chi connectivity index (χ1) is 10.1. The van der Waals surface area contributed by atoms with Gasteiger partial charge in [0, 0.05) is 25.5 Å². The van der Waals surface area contributed by atoms with Gasteiger partial charge in [-0.2, -0.15) is 5.10 Å². The predicted octanol–water partition coefficient (Wildman–Crippen LogP) is 2.27. The zero-order chi connectivity index (χ0) is 15.0. The van der Waals surface area contributed by atoms with Crippen LogP contribution in [0.3, 0.4) is 0 Å². The van der Waals surface area contributed by atoms with E-state index in [1.54, 1.807) is 0 Å². The van der Waals surface area contributed by atoms with Crippen molar-refractivity contribution in [3.05, 3.63) is 24.2 Å². The van der Waals surface area contributed by atoms with Gasteiger partial charge in [0.2, 0.25) is 0 Å². The lowest BCUT2D eigenvalue weighted by Gasteiger charge is -2.37. The molecule has 114 valence electrons. The minimum absolute atomic E-state index is 0.427. The Labute approximate surface area is 126 Å². The van der Waals surface area contributed by atoms with E-state index in [0.717, 1.165) is 36.7 Å². The average Bonchev–Trinajstić information content (AvgIpc) is 2.92. The molecule has 2 aromatic rings. The first-order valence-electron chi connectivity index (χ1n) is 7.89. The number of nitrogens with two attached hydrogens (primary N) is 1. The minimum atomic E-state index is 0.427. The maximum Gasteiger partial charge on any atom is 0.154 e. The van der Waals surface area contributed by atoms with E-state index in [0.29, 0.717) is 17.8 Å². The van der Waals surface area contributed by atoms with Crippen molar-refractivity contribution in [1.82, 2.24) is 14.6 Å². The number of aromatic nitrogens is 3. The third-order valence-electron chi connectivity index (χ3n) is 4.70. The van der Waals surface area contributed by atoms with E-state index >= 15 is 0 Å². The number of hydrogen-bond donors (Lipinski definition) is 1. The van der Waals surface area contributed by atoms with Crippen molar-refractivity contribution in [2.75, 3.05) is 24.5 Å². The Morgan fingerprint density at radius 2 is 2.24 bits per heavy atom. The summed E-state index contributed by atoms with van der Waals surface area (Å²) >= 11 is 0. The summed E-state index contributed by atoms with van der Waals surface area (Å²) < 4.78 is 1.95. The fourth-order valence-corrected chi connectivity index (χ4v) is 3.10. The Hall–Kier alpha value is -1.62. The van der Waals surface area contributed by atoms with Gasteiger partial charge in [-0.15, -0.1) is 0 Å². The molecule has 0 saturated carbocycles. The highest BCUT2D eigenvalue weighted by molar-refractivity contribution is 5.69. The summed E-state index contributed by atoms with van der Waals surface area (Å²) in [6, 6.07) is 2.17. The lowest BCUT2D eigenvalue weighted by molar-refractivity contribution is 0.307. The number of nitrogens with zero attached hydrogens (tertiary/aromatic N) is 4. The van der Waals surface area contributed by atoms with Crippen LogP contribution >= 0.6 is 0 Å². The van der Waals surface area contributed by atoms with Crippen LogP contribution in [0.4, 0.5) is 5.82 Å². The van der Waals surface area contributed by atoms with E-state index in [4.69, 9.17) is 5.73 Å². The Balaban J connectivity index is 1.96. The molecule has 0 aliphatic carbocycles.